The zero-order valence-electron chi connectivity index (χ0n) is 14.5. The lowest BCUT2D eigenvalue weighted by Gasteiger charge is -2.36. The first-order chi connectivity index (χ1) is 11.6. The largest absolute Gasteiger partial charge is 0.351 e. The van der Waals surface area contributed by atoms with Crippen LogP contribution in [0.3, 0.4) is 0 Å². The average Bonchev–Trinajstić information content (AvgIpc) is 2.60. The second-order valence-electron chi connectivity index (χ2n) is 6.98. The summed E-state index contributed by atoms with van der Waals surface area (Å²) < 4.78 is 0. The highest BCUT2D eigenvalue weighted by Crippen LogP contribution is 2.27. The highest BCUT2D eigenvalue weighted by molar-refractivity contribution is 5.89. The van der Waals surface area contributed by atoms with Crippen molar-refractivity contribution in [1.82, 2.24) is 10.2 Å². The van der Waals surface area contributed by atoms with Crippen molar-refractivity contribution in [1.29, 1.82) is 0 Å². The van der Waals surface area contributed by atoms with Crippen molar-refractivity contribution in [2.75, 3.05) is 6.54 Å². The molecule has 1 saturated heterocycles. The fraction of sp³-hybridized carbons (Fsp3) is 0.579. The van der Waals surface area contributed by atoms with Crippen LogP contribution in [0, 0.1) is 0 Å². The Balaban J connectivity index is 0.00000225. The molecule has 6 heteroatoms. The standard InChI is InChI=1S/C19H27N3O2.ClH/c20-15-9-11-16(12-10-15)21-19(24)18(14-6-2-1-3-7-14)22-13-5-4-8-17(22)23;/h1-3,6-7,15-16,18H,4-5,8-13,20H2,(H,21,24);1H. The van der Waals surface area contributed by atoms with E-state index in [1.54, 1.807) is 4.90 Å². The second kappa shape index (κ2) is 9.20. The molecule has 0 aromatic heterocycles. The summed E-state index contributed by atoms with van der Waals surface area (Å²) in [6, 6.07) is 9.54. The number of nitrogens with two attached hydrogens (primary N) is 1. The van der Waals surface area contributed by atoms with E-state index in [0.29, 0.717) is 13.0 Å². The van der Waals surface area contributed by atoms with Gasteiger partial charge in [0.15, 0.2) is 0 Å². The van der Waals surface area contributed by atoms with Gasteiger partial charge in [-0.25, -0.2) is 0 Å². The minimum atomic E-state index is -0.519. The molecule has 1 heterocycles. The van der Waals surface area contributed by atoms with Crippen molar-refractivity contribution >= 4 is 24.2 Å². The molecule has 1 aliphatic carbocycles. The van der Waals surface area contributed by atoms with E-state index in [2.05, 4.69) is 5.32 Å². The van der Waals surface area contributed by atoms with Crippen molar-refractivity contribution in [3.05, 3.63) is 35.9 Å². The van der Waals surface area contributed by atoms with Crippen LogP contribution in [0.1, 0.15) is 56.6 Å². The summed E-state index contributed by atoms with van der Waals surface area (Å²) in [5, 5.41) is 3.17. The Bertz CT molecular complexity index is 573. The van der Waals surface area contributed by atoms with Crippen molar-refractivity contribution < 1.29 is 9.59 Å². The first kappa shape index (κ1) is 19.7. The molecule has 1 saturated carbocycles. The van der Waals surface area contributed by atoms with E-state index in [1.807, 2.05) is 30.3 Å². The summed E-state index contributed by atoms with van der Waals surface area (Å²) in [5.41, 5.74) is 6.83. The fourth-order valence-electron chi connectivity index (χ4n) is 3.75. The van der Waals surface area contributed by atoms with Crippen LogP contribution in [0.2, 0.25) is 0 Å². The second-order valence-corrected chi connectivity index (χ2v) is 6.98. The van der Waals surface area contributed by atoms with Gasteiger partial charge in [-0.3, -0.25) is 9.59 Å². The third-order valence-electron chi connectivity index (χ3n) is 5.15. The van der Waals surface area contributed by atoms with E-state index in [-0.39, 0.29) is 36.3 Å². The van der Waals surface area contributed by atoms with Gasteiger partial charge in [0, 0.05) is 25.0 Å². The maximum Gasteiger partial charge on any atom is 0.247 e. The molecule has 1 aromatic carbocycles. The van der Waals surface area contributed by atoms with Gasteiger partial charge in [-0.05, 0) is 44.1 Å². The molecule has 2 aliphatic rings. The van der Waals surface area contributed by atoms with Crippen LogP contribution in [-0.2, 0) is 9.59 Å². The van der Waals surface area contributed by atoms with Crippen molar-refractivity contribution in [2.45, 2.75) is 63.1 Å². The van der Waals surface area contributed by atoms with Crippen LogP contribution in [0.25, 0.3) is 0 Å². The summed E-state index contributed by atoms with van der Waals surface area (Å²) in [7, 11) is 0. The predicted molar refractivity (Wildman–Crippen MR) is 100 cm³/mol. The van der Waals surface area contributed by atoms with Crippen LogP contribution in [0.15, 0.2) is 30.3 Å². The van der Waals surface area contributed by atoms with E-state index < -0.39 is 6.04 Å². The van der Waals surface area contributed by atoms with Gasteiger partial charge in [-0.15, -0.1) is 12.4 Å². The molecule has 25 heavy (non-hydrogen) atoms. The minimum absolute atomic E-state index is 0. The molecule has 138 valence electrons. The predicted octanol–water partition coefficient (Wildman–Crippen LogP) is 2.55. The maximum atomic E-state index is 13.0. The number of rotatable bonds is 4. The van der Waals surface area contributed by atoms with Crippen molar-refractivity contribution in [3.8, 4) is 0 Å². The van der Waals surface area contributed by atoms with Crippen LogP contribution in [0.4, 0.5) is 0 Å². The third-order valence-corrected chi connectivity index (χ3v) is 5.15. The molecule has 1 atom stereocenters. The van der Waals surface area contributed by atoms with Gasteiger partial charge < -0.3 is 16.0 Å². The smallest absolute Gasteiger partial charge is 0.247 e. The van der Waals surface area contributed by atoms with Crippen LogP contribution < -0.4 is 11.1 Å². The number of piperidine rings is 1. The van der Waals surface area contributed by atoms with E-state index in [4.69, 9.17) is 5.73 Å². The SMILES string of the molecule is Cl.NC1CCC(NC(=O)C(c2ccccc2)N2CCCCC2=O)CC1. The molecule has 5 nitrogen and oxygen atoms in total. The van der Waals surface area contributed by atoms with Gasteiger partial charge in [0.25, 0.3) is 0 Å². The number of halogens is 1. The number of amides is 2. The molecule has 0 spiro atoms. The normalized spacial score (nSPS) is 25.0. The van der Waals surface area contributed by atoms with Crippen LogP contribution >= 0.6 is 12.4 Å². The Labute approximate surface area is 155 Å². The third kappa shape index (κ3) is 4.95. The molecule has 3 rings (SSSR count). The fourth-order valence-corrected chi connectivity index (χ4v) is 3.75. The monoisotopic (exact) mass is 365 g/mol. The molecular formula is C19H28ClN3O2. The van der Waals surface area contributed by atoms with Gasteiger partial charge in [-0.1, -0.05) is 30.3 Å². The summed E-state index contributed by atoms with van der Waals surface area (Å²) in [6.07, 6.45) is 6.15. The maximum absolute atomic E-state index is 13.0. The highest BCUT2D eigenvalue weighted by atomic mass is 35.5. The van der Waals surface area contributed by atoms with E-state index >= 15 is 0 Å². The number of hydrogen-bond donors (Lipinski definition) is 2. The molecule has 1 aromatic rings. The quantitative estimate of drug-likeness (QED) is 0.860. The number of benzene rings is 1. The lowest BCUT2D eigenvalue weighted by atomic mass is 9.91. The Morgan fingerprint density at radius 2 is 1.80 bits per heavy atom. The first-order valence-corrected chi connectivity index (χ1v) is 9.05. The lowest BCUT2D eigenvalue weighted by molar-refractivity contribution is -0.143. The van der Waals surface area contributed by atoms with Gasteiger partial charge in [0.2, 0.25) is 11.8 Å². The van der Waals surface area contributed by atoms with E-state index in [1.165, 1.54) is 0 Å². The van der Waals surface area contributed by atoms with Gasteiger partial charge >= 0.3 is 0 Å². The summed E-state index contributed by atoms with van der Waals surface area (Å²) in [5.74, 6) is 0.0211. The summed E-state index contributed by atoms with van der Waals surface area (Å²) in [6.45, 7) is 0.654. The van der Waals surface area contributed by atoms with Gasteiger partial charge in [-0.2, -0.15) is 0 Å². The van der Waals surface area contributed by atoms with E-state index in [0.717, 1.165) is 44.1 Å². The van der Waals surface area contributed by atoms with Gasteiger partial charge in [0.05, 0.1) is 0 Å². The molecule has 3 N–H and O–H groups in total. The van der Waals surface area contributed by atoms with Crippen molar-refractivity contribution in [3.63, 3.8) is 0 Å². The number of hydrogen-bond acceptors (Lipinski definition) is 3. The number of nitrogens with one attached hydrogen (secondary N) is 1. The molecule has 1 aliphatic heterocycles. The molecular weight excluding hydrogens is 338 g/mol. The first-order valence-electron chi connectivity index (χ1n) is 9.05. The summed E-state index contributed by atoms with van der Waals surface area (Å²) >= 11 is 0. The molecule has 2 amide bonds. The molecule has 0 radical (unpaired) electrons. The highest BCUT2D eigenvalue weighted by Gasteiger charge is 2.34. The lowest BCUT2D eigenvalue weighted by Crippen LogP contribution is -2.49. The number of carbonyl (C=O) groups is 2. The Morgan fingerprint density at radius 1 is 1.12 bits per heavy atom. The zero-order valence-corrected chi connectivity index (χ0v) is 15.3. The van der Waals surface area contributed by atoms with Gasteiger partial charge in [0.1, 0.15) is 6.04 Å². The number of likely N-dealkylation sites (tertiary alicyclic amines) is 1. The Kier molecular flexibility index (Phi) is 7.26. The van der Waals surface area contributed by atoms with Crippen LogP contribution in [0.5, 0.6) is 0 Å². The Morgan fingerprint density at radius 3 is 2.44 bits per heavy atom. The summed E-state index contributed by atoms with van der Waals surface area (Å²) in [4.78, 5) is 27.1. The number of nitrogens with zero attached hydrogens (tertiary/aromatic N) is 1. The molecule has 0 bridgehead atoms. The van der Waals surface area contributed by atoms with Crippen LogP contribution in [-0.4, -0.2) is 35.3 Å². The average molecular weight is 366 g/mol. The molecule has 2 fully saturated rings. The topological polar surface area (TPSA) is 75.4 Å². The molecule has 1 unspecified atom stereocenters. The van der Waals surface area contributed by atoms with Crippen molar-refractivity contribution in [2.24, 2.45) is 5.73 Å². The number of carbonyl (C=O) groups excluding carboxylic acids is 2. The Hall–Kier alpha value is -1.59. The van der Waals surface area contributed by atoms with E-state index in [9.17, 15) is 9.59 Å². The minimum Gasteiger partial charge on any atom is -0.351 e. The zero-order chi connectivity index (χ0) is 16.9.